The van der Waals surface area contributed by atoms with Gasteiger partial charge in [0, 0.05) is 13.1 Å². The van der Waals surface area contributed by atoms with Crippen LogP contribution in [0.3, 0.4) is 0 Å². The normalized spacial score (nSPS) is 35.8. The number of β-amino-alcohol motifs (C(OH)–C–C–N with tert-alkyl or cyclic N) is 1. The van der Waals surface area contributed by atoms with Crippen LogP contribution in [0.5, 0.6) is 0 Å². The van der Waals surface area contributed by atoms with E-state index in [1.54, 1.807) is 0 Å². The van der Waals surface area contributed by atoms with E-state index in [1.165, 1.54) is 0 Å². The van der Waals surface area contributed by atoms with Gasteiger partial charge < -0.3 is 9.84 Å². The molecule has 2 rings (SSSR count). The molecule has 0 radical (unpaired) electrons. The Morgan fingerprint density at radius 3 is 2.70 bits per heavy atom. The Kier molecular flexibility index (Phi) is 5.44. The van der Waals surface area contributed by atoms with Crippen LogP contribution in [-0.2, 0) is 9.53 Å². The Labute approximate surface area is 122 Å². The van der Waals surface area contributed by atoms with Crippen LogP contribution in [0.15, 0.2) is 0 Å². The van der Waals surface area contributed by atoms with E-state index in [0.717, 1.165) is 64.1 Å². The van der Waals surface area contributed by atoms with Crippen LogP contribution < -0.4 is 0 Å². The van der Waals surface area contributed by atoms with Crippen molar-refractivity contribution in [2.24, 2.45) is 11.8 Å². The third kappa shape index (κ3) is 4.19. The minimum atomic E-state index is -0.539. The smallest absolute Gasteiger partial charge is 0.310 e. The van der Waals surface area contributed by atoms with Crippen LogP contribution in [0.2, 0.25) is 0 Å². The number of carbonyl (C=O) groups excluding carboxylic acids is 1. The molecule has 2 aliphatic rings. The van der Waals surface area contributed by atoms with Gasteiger partial charge in [0.05, 0.1) is 18.1 Å². The van der Waals surface area contributed by atoms with E-state index in [1.807, 2.05) is 6.92 Å². The van der Waals surface area contributed by atoms with E-state index < -0.39 is 5.60 Å². The van der Waals surface area contributed by atoms with Crippen LogP contribution in [-0.4, -0.2) is 47.8 Å². The summed E-state index contributed by atoms with van der Waals surface area (Å²) in [6.07, 6.45) is 5.97. The lowest BCUT2D eigenvalue weighted by Gasteiger charge is -2.41. The summed E-state index contributed by atoms with van der Waals surface area (Å²) in [7, 11) is 0. The minimum Gasteiger partial charge on any atom is -0.466 e. The van der Waals surface area contributed by atoms with Gasteiger partial charge in [-0.2, -0.15) is 0 Å². The SMILES string of the molecule is CCOC(=O)C1CCCN(CC2(O)CCC(C)CC2)C1. The molecule has 1 heterocycles. The van der Waals surface area contributed by atoms with Crippen molar-refractivity contribution in [2.45, 2.75) is 58.0 Å². The molecule has 1 unspecified atom stereocenters. The van der Waals surface area contributed by atoms with Gasteiger partial charge in [-0.15, -0.1) is 0 Å². The van der Waals surface area contributed by atoms with Crippen molar-refractivity contribution in [3.63, 3.8) is 0 Å². The fourth-order valence-electron chi connectivity index (χ4n) is 3.53. The first kappa shape index (κ1) is 15.8. The van der Waals surface area contributed by atoms with Crippen LogP contribution in [0.25, 0.3) is 0 Å². The summed E-state index contributed by atoms with van der Waals surface area (Å²) in [6.45, 7) is 7.03. The molecule has 2 fully saturated rings. The van der Waals surface area contributed by atoms with Gasteiger partial charge >= 0.3 is 5.97 Å². The number of likely N-dealkylation sites (tertiary alicyclic amines) is 1. The minimum absolute atomic E-state index is 0.00480. The van der Waals surface area contributed by atoms with Crippen LogP contribution >= 0.6 is 0 Å². The first-order valence-electron chi connectivity index (χ1n) is 8.14. The number of hydrogen-bond donors (Lipinski definition) is 1. The van der Waals surface area contributed by atoms with Crippen LogP contribution in [0, 0.1) is 11.8 Å². The zero-order valence-electron chi connectivity index (χ0n) is 12.9. The van der Waals surface area contributed by atoms with Crippen molar-refractivity contribution in [1.29, 1.82) is 0 Å². The number of ether oxygens (including phenoxy) is 1. The van der Waals surface area contributed by atoms with Crippen molar-refractivity contribution in [2.75, 3.05) is 26.2 Å². The Hall–Kier alpha value is -0.610. The fourth-order valence-corrected chi connectivity index (χ4v) is 3.53. The van der Waals surface area contributed by atoms with Crippen molar-refractivity contribution < 1.29 is 14.6 Å². The van der Waals surface area contributed by atoms with Gasteiger partial charge in [-0.1, -0.05) is 6.92 Å². The highest BCUT2D eigenvalue weighted by Crippen LogP contribution is 2.33. The summed E-state index contributed by atoms with van der Waals surface area (Å²) < 4.78 is 5.13. The molecule has 4 heteroatoms. The first-order valence-corrected chi connectivity index (χ1v) is 8.14. The number of rotatable bonds is 4. The average Bonchev–Trinajstić information content (AvgIpc) is 2.43. The molecule has 1 aliphatic carbocycles. The van der Waals surface area contributed by atoms with Gasteiger partial charge in [-0.05, 0) is 57.9 Å². The van der Waals surface area contributed by atoms with Gasteiger partial charge in [0.15, 0.2) is 0 Å². The van der Waals surface area contributed by atoms with E-state index in [2.05, 4.69) is 11.8 Å². The van der Waals surface area contributed by atoms with E-state index >= 15 is 0 Å². The van der Waals surface area contributed by atoms with Gasteiger partial charge in [0.2, 0.25) is 0 Å². The van der Waals surface area contributed by atoms with Crippen LogP contribution in [0.1, 0.15) is 52.4 Å². The Morgan fingerprint density at radius 2 is 2.05 bits per heavy atom. The van der Waals surface area contributed by atoms with Gasteiger partial charge in [0.1, 0.15) is 0 Å². The van der Waals surface area contributed by atoms with Crippen molar-refractivity contribution in [3.8, 4) is 0 Å². The predicted octanol–water partition coefficient (Wildman–Crippen LogP) is 2.20. The highest BCUT2D eigenvalue weighted by Gasteiger charge is 2.36. The number of carbonyl (C=O) groups is 1. The number of nitrogens with zero attached hydrogens (tertiary/aromatic N) is 1. The predicted molar refractivity (Wildman–Crippen MR) is 78.4 cm³/mol. The topological polar surface area (TPSA) is 49.8 Å². The summed E-state index contributed by atoms with van der Waals surface area (Å²) in [6, 6.07) is 0. The molecule has 0 bridgehead atoms. The monoisotopic (exact) mass is 283 g/mol. The Balaban J connectivity index is 1.84. The second kappa shape index (κ2) is 6.90. The molecule has 116 valence electrons. The van der Waals surface area contributed by atoms with E-state index in [0.29, 0.717) is 6.61 Å². The molecule has 0 aromatic heterocycles. The lowest BCUT2D eigenvalue weighted by Crippen LogP contribution is -2.49. The third-order valence-electron chi connectivity index (χ3n) is 4.85. The highest BCUT2D eigenvalue weighted by atomic mass is 16.5. The molecule has 0 spiro atoms. The maximum absolute atomic E-state index is 11.8. The molecule has 0 amide bonds. The second-order valence-electron chi connectivity index (χ2n) is 6.73. The van der Waals surface area contributed by atoms with Gasteiger partial charge in [-0.25, -0.2) is 0 Å². The lowest BCUT2D eigenvalue weighted by atomic mass is 9.79. The fraction of sp³-hybridized carbons (Fsp3) is 0.938. The molecule has 1 atom stereocenters. The van der Waals surface area contributed by atoms with E-state index in [9.17, 15) is 9.90 Å². The molecule has 0 aromatic rings. The summed E-state index contributed by atoms with van der Waals surface area (Å²) in [5, 5.41) is 10.7. The number of hydrogen-bond acceptors (Lipinski definition) is 4. The first-order chi connectivity index (χ1) is 9.52. The highest BCUT2D eigenvalue weighted by molar-refractivity contribution is 5.72. The Morgan fingerprint density at radius 1 is 1.35 bits per heavy atom. The second-order valence-corrected chi connectivity index (χ2v) is 6.73. The zero-order valence-corrected chi connectivity index (χ0v) is 12.9. The summed E-state index contributed by atoms with van der Waals surface area (Å²) in [5.41, 5.74) is -0.539. The molecule has 1 saturated heterocycles. The maximum atomic E-state index is 11.8. The molecule has 0 aromatic carbocycles. The van der Waals surface area contributed by atoms with Crippen molar-refractivity contribution >= 4 is 5.97 Å². The molecule has 1 saturated carbocycles. The largest absolute Gasteiger partial charge is 0.466 e. The summed E-state index contributed by atoms with van der Waals surface area (Å²) in [4.78, 5) is 14.1. The third-order valence-corrected chi connectivity index (χ3v) is 4.85. The van der Waals surface area contributed by atoms with E-state index in [-0.39, 0.29) is 11.9 Å². The lowest BCUT2D eigenvalue weighted by molar-refractivity contribution is -0.150. The summed E-state index contributed by atoms with van der Waals surface area (Å²) >= 11 is 0. The van der Waals surface area contributed by atoms with Crippen LogP contribution in [0.4, 0.5) is 0 Å². The quantitative estimate of drug-likeness (QED) is 0.804. The molecule has 1 aliphatic heterocycles. The molecular formula is C16H29NO3. The average molecular weight is 283 g/mol. The number of aliphatic hydroxyl groups is 1. The Bertz CT molecular complexity index is 324. The molecule has 1 N–H and O–H groups in total. The summed E-state index contributed by atoms with van der Waals surface area (Å²) in [5.74, 6) is 0.667. The van der Waals surface area contributed by atoms with Gasteiger partial charge in [-0.3, -0.25) is 9.69 Å². The molecular weight excluding hydrogens is 254 g/mol. The van der Waals surface area contributed by atoms with E-state index in [4.69, 9.17) is 4.74 Å². The number of piperidine rings is 1. The molecule has 4 nitrogen and oxygen atoms in total. The molecule has 20 heavy (non-hydrogen) atoms. The number of esters is 1. The van der Waals surface area contributed by atoms with Crippen molar-refractivity contribution in [3.05, 3.63) is 0 Å². The maximum Gasteiger partial charge on any atom is 0.310 e. The van der Waals surface area contributed by atoms with Gasteiger partial charge in [0.25, 0.3) is 0 Å². The van der Waals surface area contributed by atoms with Crippen molar-refractivity contribution in [1.82, 2.24) is 4.90 Å². The zero-order chi connectivity index (χ0) is 14.6. The standard InChI is InChI=1S/C16H29NO3/c1-3-20-15(18)14-5-4-10-17(11-14)12-16(19)8-6-13(2)7-9-16/h13-14,19H,3-12H2,1-2H3.